The molecule has 5 heteroatoms. The largest absolute Gasteiger partial charge is 0.495 e. The van der Waals surface area contributed by atoms with E-state index in [0.717, 1.165) is 17.7 Å². The van der Waals surface area contributed by atoms with Crippen LogP contribution in [-0.4, -0.2) is 22.5 Å². The Morgan fingerprint density at radius 2 is 2.06 bits per heavy atom. The van der Waals surface area contributed by atoms with Crippen LogP contribution in [0.4, 0.5) is 0 Å². The SMILES string of the molecule is COc1cc(CBr)sc1COCC(C)(C)[SiH](C)C. The molecule has 1 heterocycles. The molecule has 18 heavy (non-hydrogen) atoms. The Balaban J connectivity index is 2.56. The van der Waals surface area contributed by atoms with E-state index in [-0.39, 0.29) is 0 Å². The minimum Gasteiger partial charge on any atom is -0.495 e. The summed E-state index contributed by atoms with van der Waals surface area (Å²) in [6.07, 6.45) is 0. The van der Waals surface area contributed by atoms with Crippen molar-refractivity contribution in [1.82, 2.24) is 0 Å². The minimum atomic E-state index is -0.686. The Kier molecular flexibility index (Phi) is 6.37. The lowest BCUT2D eigenvalue weighted by molar-refractivity contribution is 0.101. The molecule has 1 rings (SSSR count). The minimum absolute atomic E-state index is 0.350. The fraction of sp³-hybridized carbons (Fsp3) is 0.692. The van der Waals surface area contributed by atoms with Crippen LogP contribution in [0.1, 0.15) is 23.6 Å². The van der Waals surface area contributed by atoms with Gasteiger partial charge in [0.15, 0.2) is 0 Å². The summed E-state index contributed by atoms with van der Waals surface area (Å²) < 4.78 is 11.3. The monoisotopic (exact) mass is 350 g/mol. The van der Waals surface area contributed by atoms with Gasteiger partial charge in [0.05, 0.1) is 18.6 Å². The fourth-order valence-corrected chi connectivity index (χ4v) is 3.26. The summed E-state index contributed by atoms with van der Waals surface area (Å²) in [5.41, 5.74) is 0. The first-order valence-corrected chi connectivity index (χ1v) is 11.0. The lowest BCUT2D eigenvalue weighted by Crippen LogP contribution is -2.26. The zero-order chi connectivity index (χ0) is 13.8. The highest BCUT2D eigenvalue weighted by molar-refractivity contribution is 9.08. The zero-order valence-corrected chi connectivity index (χ0v) is 15.4. The predicted molar refractivity (Wildman–Crippen MR) is 86.1 cm³/mol. The second kappa shape index (κ2) is 7.08. The molecular weight excluding hydrogens is 328 g/mol. The zero-order valence-electron chi connectivity index (χ0n) is 11.9. The maximum Gasteiger partial charge on any atom is 0.135 e. The molecule has 1 aromatic rings. The van der Waals surface area contributed by atoms with Crippen molar-refractivity contribution in [2.75, 3.05) is 13.7 Å². The highest BCUT2D eigenvalue weighted by Crippen LogP contribution is 2.33. The highest BCUT2D eigenvalue weighted by Gasteiger charge is 2.23. The van der Waals surface area contributed by atoms with Crippen molar-refractivity contribution >= 4 is 36.1 Å². The van der Waals surface area contributed by atoms with Gasteiger partial charge in [-0.2, -0.15) is 0 Å². The number of hydrogen-bond acceptors (Lipinski definition) is 3. The Morgan fingerprint density at radius 3 is 2.56 bits per heavy atom. The topological polar surface area (TPSA) is 18.5 Å². The number of thiophene rings is 1. The fourth-order valence-electron chi connectivity index (χ4n) is 1.38. The molecule has 0 amide bonds. The molecular formula is C13H23BrO2SSi. The Labute approximate surface area is 124 Å². The molecule has 0 aromatic carbocycles. The summed E-state index contributed by atoms with van der Waals surface area (Å²) in [7, 11) is 1.03. The van der Waals surface area contributed by atoms with E-state index in [1.807, 2.05) is 0 Å². The van der Waals surface area contributed by atoms with Gasteiger partial charge < -0.3 is 9.47 Å². The van der Waals surface area contributed by atoms with Crippen molar-refractivity contribution in [3.05, 3.63) is 15.8 Å². The molecule has 0 N–H and O–H groups in total. The first-order chi connectivity index (χ1) is 8.40. The summed E-state index contributed by atoms with van der Waals surface area (Å²) in [4.78, 5) is 2.47. The third kappa shape index (κ3) is 4.37. The van der Waals surface area contributed by atoms with E-state index in [9.17, 15) is 0 Å². The van der Waals surface area contributed by atoms with E-state index >= 15 is 0 Å². The molecule has 0 radical (unpaired) electrons. The molecule has 0 fully saturated rings. The normalized spacial score (nSPS) is 12.2. The Morgan fingerprint density at radius 1 is 1.39 bits per heavy atom. The van der Waals surface area contributed by atoms with Gasteiger partial charge in [-0.25, -0.2) is 0 Å². The van der Waals surface area contributed by atoms with Crippen LogP contribution in [0.5, 0.6) is 5.75 Å². The second-order valence-electron chi connectivity index (χ2n) is 5.47. The van der Waals surface area contributed by atoms with E-state index < -0.39 is 8.80 Å². The summed E-state index contributed by atoms with van der Waals surface area (Å²) in [5, 5.41) is 1.22. The average molecular weight is 351 g/mol. The third-order valence-corrected chi connectivity index (χ3v) is 8.80. The van der Waals surface area contributed by atoms with Gasteiger partial charge in [0, 0.05) is 25.6 Å². The molecule has 0 saturated heterocycles. The molecule has 0 saturated carbocycles. The van der Waals surface area contributed by atoms with Gasteiger partial charge in [-0.05, 0) is 11.1 Å². The molecule has 0 atom stereocenters. The van der Waals surface area contributed by atoms with E-state index in [1.54, 1.807) is 18.4 Å². The van der Waals surface area contributed by atoms with E-state index in [2.05, 4.69) is 48.9 Å². The van der Waals surface area contributed by atoms with E-state index in [0.29, 0.717) is 11.6 Å². The summed E-state index contributed by atoms with van der Waals surface area (Å²) in [6, 6.07) is 2.08. The maximum absolute atomic E-state index is 5.90. The maximum atomic E-state index is 5.90. The van der Waals surface area contributed by atoms with Gasteiger partial charge in [-0.1, -0.05) is 42.9 Å². The van der Waals surface area contributed by atoms with Crippen LogP contribution in [0.2, 0.25) is 18.1 Å². The van der Waals surface area contributed by atoms with Crippen molar-refractivity contribution in [3.8, 4) is 5.75 Å². The van der Waals surface area contributed by atoms with Crippen molar-refractivity contribution < 1.29 is 9.47 Å². The average Bonchev–Trinajstić information content (AvgIpc) is 2.71. The first kappa shape index (κ1) is 16.2. The summed E-state index contributed by atoms with van der Waals surface area (Å²) in [5.74, 6) is 0.953. The van der Waals surface area contributed by atoms with Crippen molar-refractivity contribution in [3.63, 3.8) is 0 Å². The molecule has 0 spiro atoms. The lowest BCUT2D eigenvalue weighted by Gasteiger charge is -2.27. The van der Waals surface area contributed by atoms with Crippen LogP contribution >= 0.6 is 27.3 Å². The quantitative estimate of drug-likeness (QED) is 0.534. The molecule has 104 valence electrons. The highest BCUT2D eigenvalue weighted by atomic mass is 79.9. The molecule has 2 nitrogen and oxygen atoms in total. The smallest absolute Gasteiger partial charge is 0.135 e. The first-order valence-electron chi connectivity index (χ1n) is 6.20. The van der Waals surface area contributed by atoms with Crippen molar-refractivity contribution in [1.29, 1.82) is 0 Å². The molecule has 1 aromatic heterocycles. The van der Waals surface area contributed by atoms with Crippen LogP contribution in [0.15, 0.2) is 6.07 Å². The summed E-state index contributed by atoms with van der Waals surface area (Å²) >= 11 is 5.23. The van der Waals surface area contributed by atoms with E-state index in [4.69, 9.17) is 9.47 Å². The standard InChI is InChI=1S/C13H23BrO2SSi/c1-13(2,18(4)5)9-16-8-12-11(15-3)6-10(7-14)17-12/h6,18H,7-9H2,1-5H3. The Bertz CT molecular complexity index is 377. The van der Waals surface area contributed by atoms with Crippen LogP contribution in [0.25, 0.3) is 0 Å². The number of rotatable bonds is 7. The summed E-state index contributed by atoms with van der Waals surface area (Å²) in [6.45, 7) is 10.8. The third-order valence-electron chi connectivity index (χ3n) is 3.44. The predicted octanol–water partition coefficient (Wildman–Crippen LogP) is 4.44. The number of ether oxygens (including phenoxy) is 2. The van der Waals surface area contributed by atoms with Gasteiger partial charge in [0.25, 0.3) is 0 Å². The second-order valence-corrected chi connectivity index (χ2v) is 11.1. The molecule has 0 aliphatic heterocycles. The molecule has 0 bridgehead atoms. The van der Waals surface area contributed by atoms with Crippen LogP contribution in [0, 0.1) is 0 Å². The van der Waals surface area contributed by atoms with Crippen LogP contribution in [0.3, 0.4) is 0 Å². The van der Waals surface area contributed by atoms with Crippen LogP contribution < -0.4 is 4.74 Å². The van der Waals surface area contributed by atoms with Crippen LogP contribution in [-0.2, 0) is 16.7 Å². The van der Waals surface area contributed by atoms with E-state index in [1.165, 1.54) is 9.75 Å². The van der Waals surface area contributed by atoms with Crippen molar-refractivity contribution in [2.24, 2.45) is 0 Å². The number of alkyl halides is 1. The number of halogens is 1. The Hall–Kier alpha value is 0.157. The van der Waals surface area contributed by atoms with Gasteiger partial charge in [-0.3, -0.25) is 0 Å². The molecule has 0 aliphatic carbocycles. The number of methoxy groups -OCH3 is 1. The molecule has 0 aliphatic rings. The van der Waals surface area contributed by atoms with Gasteiger partial charge in [0.2, 0.25) is 0 Å². The lowest BCUT2D eigenvalue weighted by atomic mass is 10.2. The van der Waals surface area contributed by atoms with Gasteiger partial charge in [0.1, 0.15) is 5.75 Å². The van der Waals surface area contributed by atoms with Gasteiger partial charge in [-0.15, -0.1) is 11.3 Å². The number of hydrogen-bond donors (Lipinski definition) is 0. The molecule has 0 unspecified atom stereocenters. The van der Waals surface area contributed by atoms with Crippen molar-refractivity contribution in [2.45, 2.75) is 43.9 Å². The van der Waals surface area contributed by atoms with Gasteiger partial charge >= 0.3 is 0 Å².